The number of carbonyl (C=O) groups excluding carboxylic acids is 3. The molecule has 0 aliphatic heterocycles. The molecule has 0 fully saturated rings. The highest BCUT2D eigenvalue weighted by molar-refractivity contribution is 5.96. The molecule has 0 radical (unpaired) electrons. The van der Waals surface area contributed by atoms with Crippen molar-refractivity contribution in [1.29, 1.82) is 0 Å². The van der Waals surface area contributed by atoms with E-state index in [0.717, 1.165) is 6.92 Å². The number of aliphatic hydroxyl groups is 1. The maximum atomic E-state index is 12.7. The van der Waals surface area contributed by atoms with Crippen molar-refractivity contribution in [1.82, 2.24) is 16.0 Å². The van der Waals surface area contributed by atoms with Gasteiger partial charge in [0.25, 0.3) is 0 Å². The Morgan fingerprint density at radius 3 is 1.89 bits per heavy atom. The number of nitrogens with one attached hydrogen (secondary N) is 3. The number of carboxylic acids is 3. The molecule has 1 aromatic carbocycles. The van der Waals surface area contributed by atoms with Gasteiger partial charge in [-0.15, -0.1) is 0 Å². The molecule has 0 saturated carbocycles. The van der Waals surface area contributed by atoms with Crippen LogP contribution >= 0.6 is 0 Å². The smallest absolute Gasteiger partial charge is 0.326 e. The third-order valence-electron chi connectivity index (χ3n) is 5.07. The molecule has 15 heteroatoms. The fourth-order valence-corrected chi connectivity index (χ4v) is 3.06. The number of phenols is 1. The number of aliphatic hydroxyl groups excluding tert-OH is 1. The van der Waals surface area contributed by atoms with Gasteiger partial charge in [0.1, 0.15) is 23.9 Å². The molecule has 0 spiro atoms. The predicted molar refractivity (Wildman–Crippen MR) is 124 cm³/mol. The first kappa shape index (κ1) is 30.8. The molecule has 204 valence electrons. The van der Waals surface area contributed by atoms with Crippen molar-refractivity contribution in [3.05, 3.63) is 29.8 Å². The van der Waals surface area contributed by atoms with E-state index in [0.29, 0.717) is 5.56 Å². The van der Waals surface area contributed by atoms with Gasteiger partial charge in [-0.25, -0.2) is 4.79 Å². The van der Waals surface area contributed by atoms with Crippen LogP contribution in [0.15, 0.2) is 24.3 Å². The lowest BCUT2D eigenvalue weighted by Gasteiger charge is -2.26. The molecule has 0 aliphatic carbocycles. The van der Waals surface area contributed by atoms with E-state index in [2.05, 4.69) is 16.0 Å². The largest absolute Gasteiger partial charge is 0.508 e. The van der Waals surface area contributed by atoms with Crippen LogP contribution in [0, 0.1) is 0 Å². The number of carboxylic acid groups (broad SMARTS) is 3. The first-order valence-corrected chi connectivity index (χ1v) is 11.0. The van der Waals surface area contributed by atoms with Crippen molar-refractivity contribution in [2.24, 2.45) is 5.73 Å². The van der Waals surface area contributed by atoms with E-state index in [1.165, 1.54) is 24.3 Å². The van der Waals surface area contributed by atoms with Crippen molar-refractivity contribution in [2.75, 3.05) is 0 Å². The first-order chi connectivity index (χ1) is 17.2. The van der Waals surface area contributed by atoms with E-state index in [1.54, 1.807) is 0 Å². The molecular weight excluding hydrogens is 496 g/mol. The lowest BCUT2D eigenvalue weighted by Crippen LogP contribution is -2.60. The van der Waals surface area contributed by atoms with Gasteiger partial charge in [0.05, 0.1) is 18.6 Å². The maximum Gasteiger partial charge on any atom is 0.326 e. The van der Waals surface area contributed by atoms with Crippen molar-refractivity contribution >= 4 is 35.6 Å². The molecule has 5 atom stereocenters. The molecular formula is C22H30N4O11. The van der Waals surface area contributed by atoms with Crippen molar-refractivity contribution < 1.29 is 54.3 Å². The summed E-state index contributed by atoms with van der Waals surface area (Å²) in [5.74, 6) is -7.53. The molecule has 15 nitrogen and oxygen atoms in total. The second-order valence-electron chi connectivity index (χ2n) is 8.19. The number of phenolic OH excluding ortho intramolecular Hbond substituents is 1. The zero-order valence-electron chi connectivity index (χ0n) is 19.8. The van der Waals surface area contributed by atoms with Crippen molar-refractivity contribution in [3.8, 4) is 5.75 Å². The Hall–Kier alpha value is -4.24. The van der Waals surface area contributed by atoms with Gasteiger partial charge in [-0.3, -0.25) is 24.0 Å². The Labute approximate surface area is 210 Å². The van der Waals surface area contributed by atoms with Gasteiger partial charge in [0.15, 0.2) is 0 Å². The summed E-state index contributed by atoms with van der Waals surface area (Å²) in [6, 6.07) is -0.881. The number of benzene rings is 1. The minimum atomic E-state index is -1.79. The van der Waals surface area contributed by atoms with Crippen LogP contribution in [0.3, 0.4) is 0 Å². The highest BCUT2D eigenvalue weighted by Crippen LogP contribution is 2.12. The summed E-state index contributed by atoms with van der Waals surface area (Å²) in [5, 5.41) is 53.0. The zero-order chi connectivity index (χ0) is 28.3. The monoisotopic (exact) mass is 526 g/mol. The van der Waals surface area contributed by atoms with Crippen LogP contribution in [0.25, 0.3) is 0 Å². The molecule has 1 aromatic rings. The number of nitrogens with two attached hydrogens (primary N) is 1. The van der Waals surface area contributed by atoms with Gasteiger partial charge in [-0.1, -0.05) is 12.1 Å². The van der Waals surface area contributed by atoms with E-state index in [9.17, 15) is 44.1 Å². The van der Waals surface area contributed by atoms with Crippen LogP contribution in [0.1, 0.15) is 31.7 Å². The van der Waals surface area contributed by atoms with Crippen LogP contribution in [0.2, 0.25) is 0 Å². The van der Waals surface area contributed by atoms with Crippen LogP contribution in [-0.2, 0) is 35.2 Å². The Kier molecular flexibility index (Phi) is 11.9. The SMILES string of the molecule is CC(O)C(NC(=O)C(N)CCC(=O)O)C(=O)NC(CC(=O)O)C(=O)NC(Cc1ccc(O)cc1)C(=O)O. The van der Waals surface area contributed by atoms with E-state index in [1.807, 2.05) is 0 Å². The van der Waals surface area contributed by atoms with E-state index < -0.39 is 78.7 Å². The topological polar surface area (TPSA) is 266 Å². The Balaban J connectivity index is 2.97. The lowest BCUT2D eigenvalue weighted by molar-refractivity contribution is -0.144. The molecule has 37 heavy (non-hydrogen) atoms. The number of aliphatic carboxylic acids is 3. The number of aromatic hydroxyl groups is 1. The Bertz CT molecular complexity index is 997. The normalized spacial score (nSPS) is 14.8. The number of rotatable bonds is 15. The number of amides is 3. The Morgan fingerprint density at radius 2 is 1.41 bits per heavy atom. The van der Waals surface area contributed by atoms with Gasteiger partial charge in [-0.05, 0) is 31.0 Å². The number of hydrogen-bond acceptors (Lipinski definition) is 9. The lowest BCUT2D eigenvalue weighted by atomic mass is 10.0. The molecule has 0 aliphatic rings. The fourth-order valence-electron chi connectivity index (χ4n) is 3.06. The average molecular weight is 526 g/mol. The predicted octanol–water partition coefficient (Wildman–Crippen LogP) is -2.48. The van der Waals surface area contributed by atoms with Crippen molar-refractivity contribution in [3.63, 3.8) is 0 Å². The second kappa shape index (κ2) is 14.4. The standard InChI is InChI=1S/C22H30N4O11/c1-10(27)18(26-19(33)13(23)6-7-16(29)30)21(35)24-14(9-17(31)32)20(34)25-15(22(36)37)8-11-2-4-12(28)5-3-11/h2-5,10,13-15,18,27-28H,6-9,23H2,1H3,(H,24,35)(H,25,34)(H,26,33)(H,29,30)(H,31,32)(H,36,37). The number of hydrogen-bond donors (Lipinski definition) is 9. The van der Waals surface area contributed by atoms with Crippen molar-refractivity contribution in [2.45, 2.75) is 62.9 Å². The molecule has 5 unspecified atom stereocenters. The summed E-state index contributed by atoms with van der Waals surface area (Å²) in [6.45, 7) is 1.12. The van der Waals surface area contributed by atoms with Crippen LogP contribution in [0.4, 0.5) is 0 Å². The highest BCUT2D eigenvalue weighted by atomic mass is 16.4. The van der Waals surface area contributed by atoms with Crippen LogP contribution in [-0.4, -0.2) is 91.4 Å². The van der Waals surface area contributed by atoms with Gasteiger partial charge in [-0.2, -0.15) is 0 Å². The first-order valence-electron chi connectivity index (χ1n) is 11.0. The average Bonchev–Trinajstić information content (AvgIpc) is 2.80. The molecule has 0 saturated heterocycles. The van der Waals surface area contributed by atoms with E-state index in [-0.39, 0.29) is 18.6 Å². The molecule has 0 aromatic heterocycles. The quantitative estimate of drug-likeness (QED) is 0.115. The summed E-state index contributed by atoms with van der Waals surface area (Å²) in [5.41, 5.74) is 6.02. The molecule has 1 rings (SSSR count). The summed E-state index contributed by atoms with van der Waals surface area (Å²) in [4.78, 5) is 71.2. The minimum Gasteiger partial charge on any atom is -0.508 e. The second-order valence-corrected chi connectivity index (χ2v) is 8.19. The minimum absolute atomic E-state index is 0.0634. The third-order valence-corrected chi connectivity index (χ3v) is 5.07. The van der Waals surface area contributed by atoms with Gasteiger partial charge < -0.3 is 47.2 Å². The molecule has 10 N–H and O–H groups in total. The van der Waals surface area contributed by atoms with Gasteiger partial charge in [0.2, 0.25) is 17.7 Å². The summed E-state index contributed by atoms with van der Waals surface area (Å²) >= 11 is 0. The zero-order valence-corrected chi connectivity index (χ0v) is 19.8. The highest BCUT2D eigenvalue weighted by Gasteiger charge is 2.33. The molecule has 3 amide bonds. The number of carbonyl (C=O) groups is 6. The van der Waals surface area contributed by atoms with Crippen LogP contribution in [0.5, 0.6) is 5.75 Å². The summed E-state index contributed by atoms with van der Waals surface area (Å²) in [6.07, 6.45) is -3.42. The molecule has 0 bridgehead atoms. The van der Waals surface area contributed by atoms with E-state index in [4.69, 9.17) is 15.9 Å². The summed E-state index contributed by atoms with van der Waals surface area (Å²) < 4.78 is 0. The van der Waals surface area contributed by atoms with Gasteiger partial charge >= 0.3 is 17.9 Å². The Morgan fingerprint density at radius 1 is 0.838 bits per heavy atom. The third kappa shape index (κ3) is 10.9. The van der Waals surface area contributed by atoms with E-state index >= 15 is 0 Å². The molecule has 0 heterocycles. The maximum absolute atomic E-state index is 12.7. The summed E-state index contributed by atoms with van der Waals surface area (Å²) in [7, 11) is 0. The van der Waals surface area contributed by atoms with Gasteiger partial charge in [0, 0.05) is 12.8 Å². The fraction of sp³-hybridized carbons (Fsp3) is 0.455. The van der Waals surface area contributed by atoms with Crippen LogP contribution < -0.4 is 21.7 Å².